The Labute approximate surface area is 154 Å². The van der Waals surface area contributed by atoms with Crippen molar-refractivity contribution in [3.05, 3.63) is 34.2 Å². The van der Waals surface area contributed by atoms with Gasteiger partial charge in [-0.2, -0.15) is 0 Å². The summed E-state index contributed by atoms with van der Waals surface area (Å²) in [5.41, 5.74) is 4.98. The SMILES string of the molecule is CCCCCC(=O)NC(=S)NNC(=O)c1sc2ccccc2c1Cl. The molecular weight excluding hydrogens is 366 g/mol. The van der Waals surface area contributed by atoms with Crippen LogP contribution in [0.3, 0.4) is 0 Å². The van der Waals surface area contributed by atoms with E-state index in [0.29, 0.717) is 16.3 Å². The Morgan fingerprint density at radius 2 is 1.96 bits per heavy atom. The number of rotatable bonds is 5. The molecule has 1 aromatic carbocycles. The molecule has 2 aromatic rings. The van der Waals surface area contributed by atoms with Crippen molar-refractivity contribution in [2.75, 3.05) is 0 Å². The minimum atomic E-state index is -0.399. The van der Waals surface area contributed by atoms with E-state index in [9.17, 15) is 9.59 Å². The molecule has 2 rings (SSSR count). The van der Waals surface area contributed by atoms with Crippen LogP contribution in [0.2, 0.25) is 5.02 Å². The van der Waals surface area contributed by atoms with Gasteiger partial charge in [-0.25, -0.2) is 0 Å². The van der Waals surface area contributed by atoms with Crippen molar-refractivity contribution in [3.63, 3.8) is 0 Å². The van der Waals surface area contributed by atoms with E-state index in [1.807, 2.05) is 24.3 Å². The second kappa shape index (κ2) is 8.96. The second-order valence-corrected chi connectivity index (χ2v) is 6.99. The minimum Gasteiger partial charge on any atom is -0.302 e. The predicted molar refractivity (Wildman–Crippen MR) is 102 cm³/mol. The summed E-state index contributed by atoms with van der Waals surface area (Å²) in [6.07, 6.45) is 3.26. The van der Waals surface area contributed by atoms with Crippen molar-refractivity contribution in [3.8, 4) is 0 Å². The summed E-state index contributed by atoms with van der Waals surface area (Å²) in [5, 5.41) is 3.82. The highest BCUT2D eigenvalue weighted by atomic mass is 35.5. The first-order valence-corrected chi connectivity index (χ1v) is 9.20. The lowest BCUT2D eigenvalue weighted by atomic mass is 10.2. The molecule has 0 spiro atoms. The van der Waals surface area contributed by atoms with Gasteiger partial charge in [-0.15, -0.1) is 11.3 Å². The zero-order chi connectivity index (χ0) is 17.5. The molecule has 0 bridgehead atoms. The zero-order valence-electron chi connectivity index (χ0n) is 13.1. The number of carbonyl (C=O) groups excluding carboxylic acids is 2. The molecular formula is C16H18ClN3O2S2. The van der Waals surface area contributed by atoms with Crippen LogP contribution in [0, 0.1) is 0 Å². The first-order valence-electron chi connectivity index (χ1n) is 7.60. The van der Waals surface area contributed by atoms with Gasteiger partial charge in [0, 0.05) is 16.5 Å². The summed E-state index contributed by atoms with van der Waals surface area (Å²) >= 11 is 12.5. The van der Waals surface area contributed by atoms with Crippen LogP contribution >= 0.6 is 35.2 Å². The lowest BCUT2D eigenvalue weighted by Crippen LogP contribution is -2.48. The summed E-state index contributed by atoms with van der Waals surface area (Å²) in [7, 11) is 0. The van der Waals surface area contributed by atoms with E-state index in [2.05, 4.69) is 23.1 Å². The van der Waals surface area contributed by atoms with Crippen molar-refractivity contribution in [2.24, 2.45) is 0 Å². The summed E-state index contributed by atoms with van der Waals surface area (Å²) in [5.74, 6) is -0.570. The van der Waals surface area contributed by atoms with Crippen LogP contribution in [-0.2, 0) is 4.79 Å². The van der Waals surface area contributed by atoms with Gasteiger partial charge in [0.15, 0.2) is 5.11 Å². The second-order valence-electron chi connectivity index (χ2n) is 5.15. The highest BCUT2D eigenvalue weighted by Gasteiger charge is 2.17. The Hall–Kier alpha value is -1.70. The number of benzene rings is 1. The number of nitrogens with one attached hydrogen (secondary N) is 3. The third kappa shape index (κ3) is 4.90. The summed E-state index contributed by atoms with van der Waals surface area (Å²) < 4.78 is 0.930. The molecule has 0 atom stereocenters. The van der Waals surface area contributed by atoms with Crippen molar-refractivity contribution in [1.82, 2.24) is 16.2 Å². The molecule has 0 aliphatic carbocycles. The minimum absolute atomic E-state index is 0.0575. The molecule has 0 saturated heterocycles. The molecule has 0 fully saturated rings. The number of carbonyl (C=O) groups is 2. The number of hydrazine groups is 1. The summed E-state index contributed by atoms with van der Waals surface area (Å²) in [4.78, 5) is 24.3. The standard InChI is InChI=1S/C16H18ClN3O2S2/c1-2-3-4-9-12(21)18-16(23)20-19-15(22)14-13(17)10-7-5-6-8-11(10)24-14/h5-8H,2-4,9H2,1H3,(H,19,22)(H2,18,20,21,23). The fourth-order valence-electron chi connectivity index (χ4n) is 2.09. The molecule has 128 valence electrons. The maximum absolute atomic E-state index is 12.2. The summed E-state index contributed by atoms with van der Waals surface area (Å²) in [6.45, 7) is 2.07. The molecule has 0 aliphatic rings. The van der Waals surface area contributed by atoms with Gasteiger partial charge in [-0.05, 0) is 24.7 Å². The molecule has 5 nitrogen and oxygen atoms in total. The van der Waals surface area contributed by atoms with Gasteiger partial charge in [0.2, 0.25) is 5.91 Å². The topological polar surface area (TPSA) is 70.2 Å². The Morgan fingerprint density at radius 1 is 1.21 bits per heavy atom. The van der Waals surface area contributed by atoms with Crippen LogP contribution in [0.4, 0.5) is 0 Å². The zero-order valence-corrected chi connectivity index (χ0v) is 15.5. The number of unbranched alkanes of at least 4 members (excludes halogenated alkanes) is 2. The molecule has 2 amide bonds. The van der Waals surface area contributed by atoms with E-state index >= 15 is 0 Å². The van der Waals surface area contributed by atoms with Crippen LogP contribution in [0.1, 0.15) is 42.3 Å². The normalized spacial score (nSPS) is 10.4. The Balaban J connectivity index is 1.87. The van der Waals surface area contributed by atoms with Crippen LogP contribution in [0.5, 0.6) is 0 Å². The Bertz CT molecular complexity index is 761. The predicted octanol–water partition coefficient (Wildman–Crippen LogP) is 3.77. The van der Waals surface area contributed by atoms with Crippen molar-refractivity contribution < 1.29 is 9.59 Å². The summed E-state index contributed by atoms with van der Waals surface area (Å²) in [6, 6.07) is 7.51. The van der Waals surface area contributed by atoms with Crippen molar-refractivity contribution >= 4 is 62.2 Å². The lowest BCUT2D eigenvalue weighted by molar-refractivity contribution is -0.119. The quantitative estimate of drug-likeness (QED) is 0.417. The molecule has 0 radical (unpaired) electrons. The van der Waals surface area contributed by atoms with E-state index in [0.717, 1.165) is 29.3 Å². The van der Waals surface area contributed by atoms with E-state index in [4.69, 9.17) is 23.8 Å². The average molecular weight is 384 g/mol. The Morgan fingerprint density at radius 3 is 2.67 bits per heavy atom. The Kier molecular flexibility index (Phi) is 6.96. The number of amides is 2. The molecule has 0 aliphatic heterocycles. The number of thiophene rings is 1. The van der Waals surface area contributed by atoms with Crippen LogP contribution < -0.4 is 16.2 Å². The fourth-order valence-corrected chi connectivity index (χ4v) is 3.66. The third-order valence-corrected chi connectivity index (χ3v) is 5.17. The van der Waals surface area contributed by atoms with Gasteiger partial charge in [-0.1, -0.05) is 49.6 Å². The highest BCUT2D eigenvalue weighted by Crippen LogP contribution is 2.34. The number of hydrogen-bond donors (Lipinski definition) is 3. The molecule has 3 N–H and O–H groups in total. The number of thiocarbonyl (C=S) groups is 1. The molecule has 1 heterocycles. The van der Waals surface area contributed by atoms with E-state index in [-0.39, 0.29) is 11.0 Å². The van der Waals surface area contributed by atoms with E-state index in [1.54, 1.807) is 0 Å². The molecule has 8 heteroatoms. The van der Waals surface area contributed by atoms with Gasteiger partial charge in [0.25, 0.3) is 5.91 Å². The van der Waals surface area contributed by atoms with Gasteiger partial charge in [-0.3, -0.25) is 20.4 Å². The van der Waals surface area contributed by atoms with Crippen molar-refractivity contribution in [1.29, 1.82) is 0 Å². The largest absolute Gasteiger partial charge is 0.302 e. The highest BCUT2D eigenvalue weighted by molar-refractivity contribution is 7.80. The van der Waals surface area contributed by atoms with Crippen LogP contribution in [0.15, 0.2) is 24.3 Å². The lowest BCUT2D eigenvalue weighted by Gasteiger charge is -2.10. The molecule has 0 unspecified atom stereocenters. The van der Waals surface area contributed by atoms with Gasteiger partial charge < -0.3 is 5.32 Å². The molecule has 24 heavy (non-hydrogen) atoms. The smallest absolute Gasteiger partial charge is 0.281 e. The number of hydrogen-bond acceptors (Lipinski definition) is 4. The maximum Gasteiger partial charge on any atom is 0.281 e. The van der Waals surface area contributed by atoms with Crippen molar-refractivity contribution in [2.45, 2.75) is 32.6 Å². The molecule has 1 aromatic heterocycles. The van der Waals surface area contributed by atoms with Gasteiger partial charge in [0.1, 0.15) is 4.88 Å². The fraction of sp³-hybridized carbons (Fsp3) is 0.312. The maximum atomic E-state index is 12.2. The van der Waals surface area contributed by atoms with Gasteiger partial charge in [0.05, 0.1) is 5.02 Å². The average Bonchev–Trinajstić information content (AvgIpc) is 2.90. The van der Waals surface area contributed by atoms with Gasteiger partial charge >= 0.3 is 0 Å². The van der Waals surface area contributed by atoms with Crippen LogP contribution in [0.25, 0.3) is 10.1 Å². The van der Waals surface area contributed by atoms with E-state index in [1.165, 1.54) is 11.3 Å². The first kappa shape index (κ1) is 18.6. The third-order valence-electron chi connectivity index (χ3n) is 3.29. The van der Waals surface area contributed by atoms with Crippen LogP contribution in [-0.4, -0.2) is 16.9 Å². The number of halogens is 1. The monoisotopic (exact) mass is 383 g/mol. The first-order chi connectivity index (χ1) is 11.5. The van der Waals surface area contributed by atoms with E-state index < -0.39 is 5.91 Å². The molecule has 0 saturated carbocycles. The number of fused-ring (bicyclic) bond motifs is 1.